The normalized spacial score (nSPS) is 17.5. The number of rotatable bonds is 5. The van der Waals surface area contributed by atoms with Crippen LogP contribution in [0, 0.1) is 13.8 Å². The summed E-state index contributed by atoms with van der Waals surface area (Å²) in [6.07, 6.45) is 3.98. The first kappa shape index (κ1) is 14.1. The summed E-state index contributed by atoms with van der Waals surface area (Å²) < 4.78 is 0. The van der Waals surface area contributed by atoms with Gasteiger partial charge < -0.3 is 15.7 Å². The number of anilines is 2. The van der Waals surface area contributed by atoms with Crippen molar-refractivity contribution in [3.8, 4) is 0 Å². The van der Waals surface area contributed by atoms with Crippen molar-refractivity contribution in [3.05, 3.63) is 11.4 Å². The van der Waals surface area contributed by atoms with E-state index in [1.54, 1.807) is 0 Å². The van der Waals surface area contributed by atoms with Crippen LogP contribution in [0.1, 0.15) is 44.0 Å². The molecule has 0 aromatic carbocycles. The van der Waals surface area contributed by atoms with Crippen LogP contribution in [0.25, 0.3) is 0 Å². The van der Waals surface area contributed by atoms with Crippen LogP contribution in [-0.2, 0) is 0 Å². The largest absolute Gasteiger partial charge is 0.388 e. The van der Waals surface area contributed by atoms with E-state index in [1.165, 1.54) is 0 Å². The van der Waals surface area contributed by atoms with Crippen molar-refractivity contribution in [2.45, 2.75) is 52.1 Å². The van der Waals surface area contributed by atoms with Crippen LogP contribution in [0.4, 0.5) is 11.6 Å². The Kier molecular flexibility index (Phi) is 4.24. The zero-order valence-corrected chi connectivity index (χ0v) is 12.1. The molecule has 0 aliphatic heterocycles. The summed E-state index contributed by atoms with van der Waals surface area (Å²) in [6.45, 7) is 7.33. The molecule has 0 atom stereocenters. The summed E-state index contributed by atoms with van der Waals surface area (Å²) in [5.74, 6) is 2.43. The van der Waals surface area contributed by atoms with Crippen LogP contribution < -0.4 is 10.6 Å². The van der Waals surface area contributed by atoms with Crippen LogP contribution in [0.3, 0.4) is 0 Å². The minimum Gasteiger partial charge on any atom is -0.388 e. The molecule has 1 saturated carbocycles. The third kappa shape index (κ3) is 3.35. The standard InChI is InChI=1S/C14H24N4O/c1-4-15-12-10(2)13(18-11(3)17-12)16-9-14(19)7-5-6-8-14/h19H,4-9H2,1-3H3,(H2,15,16,17,18). The van der Waals surface area contributed by atoms with Crippen molar-refractivity contribution >= 4 is 11.6 Å². The molecule has 3 N–H and O–H groups in total. The Labute approximate surface area is 114 Å². The first-order valence-electron chi connectivity index (χ1n) is 7.09. The lowest BCUT2D eigenvalue weighted by atomic mass is 10.0. The smallest absolute Gasteiger partial charge is 0.134 e. The summed E-state index contributed by atoms with van der Waals surface area (Å²) in [5, 5.41) is 16.9. The molecule has 1 aliphatic carbocycles. The van der Waals surface area contributed by atoms with Gasteiger partial charge in [0.15, 0.2) is 0 Å². The lowest BCUT2D eigenvalue weighted by Gasteiger charge is -2.23. The molecule has 0 amide bonds. The predicted molar refractivity (Wildman–Crippen MR) is 77.6 cm³/mol. The fourth-order valence-electron chi connectivity index (χ4n) is 2.60. The summed E-state index contributed by atoms with van der Waals surface area (Å²) in [4.78, 5) is 8.83. The Morgan fingerprint density at radius 1 is 1.11 bits per heavy atom. The molecule has 0 saturated heterocycles. The van der Waals surface area contributed by atoms with Crippen LogP contribution >= 0.6 is 0 Å². The molecule has 1 aromatic rings. The maximum Gasteiger partial charge on any atom is 0.134 e. The number of aromatic nitrogens is 2. The highest BCUT2D eigenvalue weighted by Gasteiger charge is 2.31. The van der Waals surface area contributed by atoms with Gasteiger partial charge in [0, 0.05) is 18.7 Å². The molecule has 5 nitrogen and oxygen atoms in total. The van der Waals surface area contributed by atoms with Gasteiger partial charge in [-0.3, -0.25) is 0 Å². The van der Waals surface area contributed by atoms with Gasteiger partial charge in [-0.25, -0.2) is 9.97 Å². The maximum atomic E-state index is 10.4. The van der Waals surface area contributed by atoms with Crippen LogP contribution in [0.2, 0.25) is 0 Å². The number of nitrogens with zero attached hydrogens (tertiary/aromatic N) is 2. The third-order valence-electron chi connectivity index (χ3n) is 3.72. The summed E-state index contributed by atoms with van der Waals surface area (Å²) in [6, 6.07) is 0. The van der Waals surface area contributed by atoms with E-state index < -0.39 is 5.60 Å². The van der Waals surface area contributed by atoms with Gasteiger partial charge in [0.05, 0.1) is 5.60 Å². The molecule has 0 bridgehead atoms. The monoisotopic (exact) mass is 264 g/mol. The van der Waals surface area contributed by atoms with Gasteiger partial charge in [-0.1, -0.05) is 12.8 Å². The molecular formula is C14H24N4O. The number of aryl methyl sites for hydroxylation is 1. The van der Waals surface area contributed by atoms with Gasteiger partial charge in [0.2, 0.25) is 0 Å². The van der Waals surface area contributed by atoms with Crippen LogP contribution in [-0.4, -0.2) is 33.8 Å². The van der Waals surface area contributed by atoms with Gasteiger partial charge in [-0.2, -0.15) is 0 Å². The summed E-state index contributed by atoms with van der Waals surface area (Å²) in [7, 11) is 0. The molecule has 1 heterocycles. The Balaban J connectivity index is 2.11. The van der Waals surface area contributed by atoms with E-state index in [1.807, 2.05) is 20.8 Å². The average molecular weight is 264 g/mol. The number of hydrogen-bond acceptors (Lipinski definition) is 5. The van der Waals surface area contributed by atoms with E-state index in [0.717, 1.165) is 55.3 Å². The highest BCUT2D eigenvalue weighted by atomic mass is 16.3. The second-order valence-electron chi connectivity index (χ2n) is 5.41. The molecule has 5 heteroatoms. The fourth-order valence-corrected chi connectivity index (χ4v) is 2.60. The van der Waals surface area contributed by atoms with Crippen molar-refractivity contribution in [1.82, 2.24) is 9.97 Å². The quantitative estimate of drug-likeness (QED) is 0.761. The van der Waals surface area contributed by atoms with E-state index in [9.17, 15) is 5.11 Å². The topological polar surface area (TPSA) is 70.1 Å². The Morgan fingerprint density at radius 2 is 1.68 bits per heavy atom. The molecule has 0 spiro atoms. The van der Waals surface area contributed by atoms with Gasteiger partial charge in [-0.15, -0.1) is 0 Å². The zero-order valence-electron chi connectivity index (χ0n) is 12.1. The molecule has 0 radical (unpaired) electrons. The second-order valence-corrected chi connectivity index (χ2v) is 5.41. The number of nitrogens with one attached hydrogen (secondary N) is 2. The second kappa shape index (κ2) is 5.74. The van der Waals surface area contributed by atoms with Crippen molar-refractivity contribution in [3.63, 3.8) is 0 Å². The van der Waals surface area contributed by atoms with Crippen molar-refractivity contribution in [2.24, 2.45) is 0 Å². The fraction of sp³-hybridized carbons (Fsp3) is 0.714. The van der Waals surface area contributed by atoms with Gasteiger partial charge in [-0.05, 0) is 33.6 Å². The summed E-state index contributed by atoms with van der Waals surface area (Å²) in [5.41, 5.74) is 0.443. The van der Waals surface area contributed by atoms with E-state index in [4.69, 9.17) is 0 Å². The van der Waals surface area contributed by atoms with E-state index in [-0.39, 0.29) is 0 Å². The average Bonchev–Trinajstić information content (AvgIpc) is 2.79. The van der Waals surface area contributed by atoms with Crippen molar-refractivity contribution < 1.29 is 5.11 Å². The predicted octanol–water partition coefficient (Wildman–Crippen LogP) is 2.24. The Hall–Kier alpha value is -1.36. The molecule has 0 unspecified atom stereocenters. The summed E-state index contributed by atoms with van der Waals surface area (Å²) >= 11 is 0. The Morgan fingerprint density at radius 3 is 2.26 bits per heavy atom. The first-order chi connectivity index (χ1) is 9.04. The van der Waals surface area contributed by atoms with Gasteiger partial charge >= 0.3 is 0 Å². The SMILES string of the molecule is CCNc1nc(C)nc(NCC2(O)CCCC2)c1C. The van der Waals surface area contributed by atoms with Crippen molar-refractivity contribution in [1.29, 1.82) is 0 Å². The first-order valence-corrected chi connectivity index (χ1v) is 7.09. The molecule has 1 aromatic heterocycles. The van der Waals surface area contributed by atoms with E-state index in [0.29, 0.717) is 6.54 Å². The highest BCUT2D eigenvalue weighted by molar-refractivity contribution is 5.57. The van der Waals surface area contributed by atoms with Gasteiger partial charge in [0.1, 0.15) is 17.5 Å². The molecule has 1 fully saturated rings. The maximum absolute atomic E-state index is 10.4. The molecule has 2 rings (SSSR count). The minimum atomic E-state index is -0.566. The van der Waals surface area contributed by atoms with Crippen molar-refractivity contribution in [2.75, 3.05) is 23.7 Å². The number of aliphatic hydroxyl groups is 1. The molecule has 1 aliphatic rings. The van der Waals surface area contributed by atoms with Crippen LogP contribution in [0.15, 0.2) is 0 Å². The third-order valence-corrected chi connectivity index (χ3v) is 3.72. The van der Waals surface area contributed by atoms with E-state index >= 15 is 0 Å². The van der Waals surface area contributed by atoms with Gasteiger partial charge in [0.25, 0.3) is 0 Å². The zero-order chi connectivity index (χ0) is 13.9. The molecule has 19 heavy (non-hydrogen) atoms. The lowest BCUT2D eigenvalue weighted by Crippen LogP contribution is -2.34. The Bertz CT molecular complexity index is 441. The minimum absolute atomic E-state index is 0.565. The van der Waals surface area contributed by atoms with Crippen LogP contribution in [0.5, 0.6) is 0 Å². The number of hydrogen-bond donors (Lipinski definition) is 3. The van der Waals surface area contributed by atoms with E-state index in [2.05, 4.69) is 20.6 Å². The molecular weight excluding hydrogens is 240 g/mol. The lowest BCUT2D eigenvalue weighted by molar-refractivity contribution is 0.0614. The highest BCUT2D eigenvalue weighted by Crippen LogP contribution is 2.30. The molecule has 106 valence electrons.